The van der Waals surface area contributed by atoms with Crippen molar-refractivity contribution in [3.8, 4) is 10.4 Å². The molecule has 1 N–H and O–H groups in total. The summed E-state index contributed by atoms with van der Waals surface area (Å²) in [5, 5.41) is 5.83. The zero-order valence-electron chi connectivity index (χ0n) is 14.7. The molecule has 0 saturated carbocycles. The van der Waals surface area contributed by atoms with Crippen LogP contribution >= 0.6 is 11.3 Å². The number of carbonyl (C=O) groups is 1. The number of pyridine rings is 1. The van der Waals surface area contributed by atoms with Crippen molar-refractivity contribution in [2.45, 2.75) is 6.92 Å². The molecule has 0 unspecified atom stereocenters. The quantitative estimate of drug-likeness (QED) is 0.769. The van der Waals surface area contributed by atoms with Crippen LogP contribution in [0.5, 0.6) is 0 Å². The zero-order chi connectivity index (χ0) is 17.9. The van der Waals surface area contributed by atoms with E-state index >= 15 is 0 Å². The number of nitrogens with zero attached hydrogens (tertiary/aromatic N) is 4. The average molecular weight is 367 g/mol. The Balaban J connectivity index is 1.45. The largest absolute Gasteiger partial charge is 0.323 e. The molecule has 26 heavy (non-hydrogen) atoms. The third kappa shape index (κ3) is 3.54. The van der Waals surface area contributed by atoms with Gasteiger partial charge in [-0.2, -0.15) is 0 Å². The Morgan fingerprint density at radius 3 is 2.81 bits per heavy atom. The van der Waals surface area contributed by atoms with E-state index in [0.717, 1.165) is 53.9 Å². The van der Waals surface area contributed by atoms with Crippen molar-refractivity contribution in [2.24, 2.45) is 0 Å². The van der Waals surface area contributed by atoms with E-state index in [1.54, 1.807) is 6.20 Å². The second-order valence-electron chi connectivity index (χ2n) is 6.32. The first-order chi connectivity index (χ1) is 12.7. The van der Waals surface area contributed by atoms with Crippen LogP contribution < -0.4 is 5.32 Å². The first kappa shape index (κ1) is 16.9. The van der Waals surface area contributed by atoms with Gasteiger partial charge in [0.05, 0.1) is 4.88 Å². The van der Waals surface area contributed by atoms with Crippen molar-refractivity contribution in [1.29, 1.82) is 0 Å². The molecule has 1 saturated heterocycles. The number of fused-ring (bicyclic) bond motifs is 1. The van der Waals surface area contributed by atoms with Gasteiger partial charge in [0.1, 0.15) is 0 Å². The second kappa shape index (κ2) is 7.39. The van der Waals surface area contributed by atoms with Gasteiger partial charge in [0.25, 0.3) is 0 Å². The van der Waals surface area contributed by atoms with Gasteiger partial charge in [-0.3, -0.25) is 10.3 Å². The summed E-state index contributed by atoms with van der Waals surface area (Å²) >= 11 is 1.50. The number of urea groups is 1. The molecule has 0 aliphatic carbocycles. The lowest BCUT2D eigenvalue weighted by Gasteiger charge is -2.33. The normalized spacial score (nSPS) is 15.3. The predicted octanol–water partition coefficient (Wildman–Crippen LogP) is 3.53. The lowest BCUT2D eigenvalue weighted by atomic mass is 10.1. The van der Waals surface area contributed by atoms with Crippen LogP contribution in [0.2, 0.25) is 0 Å². The van der Waals surface area contributed by atoms with Gasteiger partial charge in [0.2, 0.25) is 0 Å². The van der Waals surface area contributed by atoms with Gasteiger partial charge in [0.15, 0.2) is 5.13 Å². The number of hydrogen-bond acceptors (Lipinski definition) is 5. The Kier molecular flexibility index (Phi) is 4.81. The summed E-state index contributed by atoms with van der Waals surface area (Å²) in [7, 11) is 0. The zero-order valence-corrected chi connectivity index (χ0v) is 15.5. The molecule has 0 spiro atoms. The van der Waals surface area contributed by atoms with Gasteiger partial charge in [-0.15, -0.1) is 0 Å². The third-order valence-electron chi connectivity index (χ3n) is 4.75. The highest BCUT2D eigenvalue weighted by atomic mass is 32.1. The number of anilines is 1. The molecule has 1 aliphatic heterocycles. The molecule has 2 amide bonds. The van der Waals surface area contributed by atoms with Crippen molar-refractivity contribution in [1.82, 2.24) is 19.8 Å². The number of rotatable bonds is 3. The number of likely N-dealkylation sites (N-methyl/N-ethyl adjacent to an activating group) is 1. The maximum absolute atomic E-state index is 12.4. The number of piperazine rings is 1. The second-order valence-corrected chi connectivity index (χ2v) is 7.35. The maximum Gasteiger partial charge on any atom is 0.323 e. The van der Waals surface area contributed by atoms with Gasteiger partial charge in [-0.1, -0.05) is 30.4 Å². The van der Waals surface area contributed by atoms with E-state index in [1.165, 1.54) is 11.3 Å². The number of aromatic nitrogens is 2. The van der Waals surface area contributed by atoms with Gasteiger partial charge in [-0.25, -0.2) is 9.78 Å². The molecule has 1 aliphatic rings. The predicted molar refractivity (Wildman–Crippen MR) is 106 cm³/mol. The van der Waals surface area contributed by atoms with E-state index in [4.69, 9.17) is 0 Å². The Morgan fingerprint density at radius 2 is 2.00 bits per heavy atom. The fraction of sp³-hybridized carbons (Fsp3) is 0.316. The van der Waals surface area contributed by atoms with E-state index in [2.05, 4.69) is 45.3 Å². The Morgan fingerprint density at radius 1 is 1.15 bits per heavy atom. The Bertz CT molecular complexity index is 917. The molecule has 4 rings (SSSR count). The van der Waals surface area contributed by atoms with E-state index in [1.807, 2.05) is 23.4 Å². The highest BCUT2D eigenvalue weighted by Gasteiger charge is 2.20. The minimum absolute atomic E-state index is 0.0637. The fourth-order valence-corrected chi connectivity index (χ4v) is 3.94. The molecule has 0 atom stereocenters. The number of thiazole rings is 1. The number of nitrogens with one attached hydrogen (secondary N) is 1. The van der Waals surface area contributed by atoms with Crippen molar-refractivity contribution in [3.05, 3.63) is 42.9 Å². The Hall–Kier alpha value is -2.51. The van der Waals surface area contributed by atoms with Crippen molar-refractivity contribution in [2.75, 3.05) is 38.0 Å². The molecule has 3 heterocycles. The number of carbonyl (C=O) groups excluding carboxylic acids is 1. The van der Waals surface area contributed by atoms with Gasteiger partial charge < -0.3 is 9.80 Å². The maximum atomic E-state index is 12.4. The van der Waals surface area contributed by atoms with Gasteiger partial charge in [0, 0.05) is 50.2 Å². The first-order valence-corrected chi connectivity index (χ1v) is 9.63. The van der Waals surface area contributed by atoms with Gasteiger partial charge in [-0.05, 0) is 29.6 Å². The van der Waals surface area contributed by atoms with Crippen LogP contribution in [0.1, 0.15) is 6.92 Å². The summed E-state index contributed by atoms with van der Waals surface area (Å²) in [5.74, 6) is 0. The van der Waals surface area contributed by atoms with Crippen LogP contribution in [0.15, 0.2) is 42.9 Å². The molecule has 134 valence electrons. The van der Waals surface area contributed by atoms with E-state index in [9.17, 15) is 4.79 Å². The smallest absolute Gasteiger partial charge is 0.322 e. The highest BCUT2D eigenvalue weighted by Crippen LogP contribution is 2.31. The average Bonchev–Trinajstić information content (AvgIpc) is 3.16. The highest BCUT2D eigenvalue weighted by molar-refractivity contribution is 7.19. The number of benzene rings is 1. The molecule has 0 radical (unpaired) electrons. The molecule has 1 aromatic carbocycles. The molecule has 2 aromatic heterocycles. The van der Waals surface area contributed by atoms with E-state index in [0.29, 0.717) is 5.13 Å². The van der Waals surface area contributed by atoms with Gasteiger partial charge >= 0.3 is 6.03 Å². The number of amides is 2. The summed E-state index contributed by atoms with van der Waals surface area (Å²) in [6.07, 6.45) is 5.47. The molecular weight excluding hydrogens is 346 g/mol. The molecule has 1 fully saturated rings. The van der Waals surface area contributed by atoms with Crippen LogP contribution in [0.4, 0.5) is 9.93 Å². The molecule has 0 bridgehead atoms. The van der Waals surface area contributed by atoms with Crippen LogP contribution in [0, 0.1) is 0 Å². The molecule has 7 heteroatoms. The third-order valence-corrected chi connectivity index (χ3v) is 5.71. The fourth-order valence-electron chi connectivity index (χ4n) is 3.14. The van der Waals surface area contributed by atoms with Crippen molar-refractivity contribution < 1.29 is 4.79 Å². The van der Waals surface area contributed by atoms with Crippen LogP contribution in [-0.4, -0.2) is 58.5 Å². The Labute approximate surface area is 156 Å². The summed E-state index contributed by atoms with van der Waals surface area (Å²) in [6.45, 7) is 6.56. The molecular formula is C19H21N5OS. The summed E-state index contributed by atoms with van der Waals surface area (Å²) < 4.78 is 0. The van der Waals surface area contributed by atoms with Crippen molar-refractivity contribution >= 4 is 33.3 Å². The lowest BCUT2D eigenvalue weighted by molar-refractivity contribution is 0.151. The minimum Gasteiger partial charge on any atom is -0.322 e. The van der Waals surface area contributed by atoms with E-state index < -0.39 is 0 Å². The number of hydrogen-bond donors (Lipinski definition) is 1. The van der Waals surface area contributed by atoms with E-state index in [-0.39, 0.29) is 6.03 Å². The molecule has 6 nitrogen and oxygen atoms in total. The standard InChI is InChI=1S/C19H21N5OS/c1-2-23-7-9-24(10-8-23)19(25)22-18-21-13-17(26-18)15-3-4-16-12-20-6-5-14(16)11-15/h3-6,11-13H,2,7-10H2,1H3,(H,21,22,25). The summed E-state index contributed by atoms with van der Waals surface area (Å²) in [4.78, 5) is 26.2. The lowest BCUT2D eigenvalue weighted by Crippen LogP contribution is -2.49. The topological polar surface area (TPSA) is 61.4 Å². The summed E-state index contributed by atoms with van der Waals surface area (Å²) in [5.41, 5.74) is 1.10. The molecule has 3 aromatic rings. The monoisotopic (exact) mass is 367 g/mol. The summed E-state index contributed by atoms with van der Waals surface area (Å²) in [6, 6.07) is 8.18. The SMILES string of the molecule is CCN1CCN(C(=O)Nc2ncc(-c3ccc4cnccc4c3)s2)CC1. The van der Waals surface area contributed by atoms with Crippen molar-refractivity contribution in [3.63, 3.8) is 0 Å². The minimum atomic E-state index is -0.0637. The van der Waals surface area contributed by atoms with Crippen LogP contribution in [-0.2, 0) is 0 Å². The van der Waals surface area contributed by atoms with Crippen LogP contribution in [0.25, 0.3) is 21.2 Å². The van der Waals surface area contributed by atoms with Crippen LogP contribution in [0.3, 0.4) is 0 Å². The first-order valence-electron chi connectivity index (χ1n) is 8.81.